The molecule has 1 aliphatic carbocycles. The third-order valence-corrected chi connectivity index (χ3v) is 3.67. The molecule has 0 aromatic heterocycles. The number of halogens is 2. The smallest absolute Gasteiger partial charge is 0.243 e. The van der Waals surface area contributed by atoms with Gasteiger partial charge in [0.15, 0.2) is 0 Å². The van der Waals surface area contributed by atoms with Gasteiger partial charge in [0.05, 0.1) is 11.2 Å². The Kier molecular flexibility index (Phi) is 4.91. The summed E-state index contributed by atoms with van der Waals surface area (Å²) in [5, 5.41) is 4.06. The number of hydrazone groups is 1. The molecule has 0 radical (unpaired) electrons. The van der Waals surface area contributed by atoms with Crippen molar-refractivity contribution in [2.45, 2.75) is 32.1 Å². The Morgan fingerprint density at radius 3 is 2.79 bits per heavy atom. The number of benzene rings is 1. The van der Waals surface area contributed by atoms with Gasteiger partial charge in [0.25, 0.3) is 0 Å². The monoisotopic (exact) mass is 282 g/mol. The van der Waals surface area contributed by atoms with E-state index in [1.165, 1.54) is 24.8 Å². The Hall–Kier alpha value is -1.42. The Morgan fingerprint density at radius 2 is 2.11 bits per heavy atom. The minimum Gasteiger partial charge on any atom is -0.273 e. The number of carbonyl (C=O) groups is 1. The molecule has 0 heterocycles. The summed E-state index contributed by atoms with van der Waals surface area (Å²) in [6.07, 6.45) is 6.42. The molecular weight excluding hydrogens is 267 g/mol. The average molecular weight is 283 g/mol. The fraction of sp³-hybridized carbons (Fsp3) is 0.429. The second-order valence-corrected chi connectivity index (χ2v) is 5.11. The van der Waals surface area contributed by atoms with Crippen molar-refractivity contribution in [2.75, 3.05) is 0 Å². The second kappa shape index (κ2) is 6.66. The maximum atomic E-state index is 13.4. The van der Waals surface area contributed by atoms with Crippen LogP contribution in [-0.2, 0) is 4.79 Å². The van der Waals surface area contributed by atoms with Gasteiger partial charge >= 0.3 is 0 Å². The van der Waals surface area contributed by atoms with Gasteiger partial charge in [0, 0.05) is 11.5 Å². The highest BCUT2D eigenvalue weighted by atomic mass is 35.5. The van der Waals surface area contributed by atoms with Gasteiger partial charge in [-0.15, -0.1) is 0 Å². The molecule has 0 atom stereocenters. The van der Waals surface area contributed by atoms with Crippen LogP contribution in [-0.4, -0.2) is 12.1 Å². The predicted molar refractivity (Wildman–Crippen MR) is 73.7 cm³/mol. The Balaban J connectivity index is 1.94. The van der Waals surface area contributed by atoms with Gasteiger partial charge in [-0.2, -0.15) is 5.10 Å². The number of hydrogen-bond donors (Lipinski definition) is 1. The van der Waals surface area contributed by atoms with E-state index in [2.05, 4.69) is 10.5 Å². The fourth-order valence-corrected chi connectivity index (χ4v) is 2.46. The zero-order valence-corrected chi connectivity index (χ0v) is 11.3. The highest BCUT2D eigenvalue weighted by molar-refractivity contribution is 6.33. The highest BCUT2D eigenvalue weighted by Crippen LogP contribution is 2.23. The summed E-state index contributed by atoms with van der Waals surface area (Å²) < 4.78 is 13.4. The summed E-state index contributed by atoms with van der Waals surface area (Å²) >= 11 is 5.85. The molecule has 5 heteroatoms. The maximum Gasteiger partial charge on any atom is 0.243 e. The normalized spacial score (nSPS) is 16.7. The minimum absolute atomic E-state index is 0.0296. The van der Waals surface area contributed by atoms with Gasteiger partial charge in [-0.05, 0) is 25.0 Å². The van der Waals surface area contributed by atoms with E-state index in [1.54, 1.807) is 6.07 Å². The number of rotatable bonds is 3. The van der Waals surface area contributed by atoms with Crippen LogP contribution in [0.3, 0.4) is 0 Å². The lowest BCUT2D eigenvalue weighted by molar-refractivity contribution is -0.125. The second-order valence-electron chi connectivity index (χ2n) is 4.70. The zero-order chi connectivity index (χ0) is 13.7. The third kappa shape index (κ3) is 3.77. The van der Waals surface area contributed by atoms with Gasteiger partial charge in [-0.1, -0.05) is 36.9 Å². The van der Waals surface area contributed by atoms with Crippen LogP contribution in [0.4, 0.5) is 4.39 Å². The number of nitrogens with zero attached hydrogens (tertiary/aromatic N) is 1. The molecular formula is C14H16ClFN2O. The van der Waals surface area contributed by atoms with Crippen molar-refractivity contribution in [3.8, 4) is 0 Å². The summed E-state index contributed by atoms with van der Waals surface area (Å²) in [4.78, 5) is 11.8. The lowest BCUT2D eigenvalue weighted by atomic mass is 9.89. The third-order valence-electron chi connectivity index (χ3n) is 3.34. The first-order valence-corrected chi connectivity index (χ1v) is 6.83. The van der Waals surface area contributed by atoms with E-state index in [0.29, 0.717) is 0 Å². The summed E-state index contributed by atoms with van der Waals surface area (Å²) in [6.45, 7) is 0. The van der Waals surface area contributed by atoms with E-state index in [9.17, 15) is 9.18 Å². The molecule has 1 saturated carbocycles. The lowest BCUT2D eigenvalue weighted by Gasteiger charge is -2.19. The van der Waals surface area contributed by atoms with Gasteiger partial charge in [0.2, 0.25) is 5.91 Å². The Labute approximate surface area is 116 Å². The van der Waals surface area contributed by atoms with E-state index in [1.807, 2.05) is 0 Å². The first-order chi connectivity index (χ1) is 9.18. The van der Waals surface area contributed by atoms with Crippen molar-refractivity contribution in [2.24, 2.45) is 11.0 Å². The van der Waals surface area contributed by atoms with Crippen LogP contribution in [0.5, 0.6) is 0 Å². The van der Waals surface area contributed by atoms with Gasteiger partial charge in [-0.25, -0.2) is 9.82 Å². The Morgan fingerprint density at radius 1 is 1.37 bits per heavy atom. The summed E-state index contributed by atoms with van der Waals surface area (Å²) in [5.74, 6) is -0.520. The molecule has 0 unspecified atom stereocenters. The molecule has 1 aromatic carbocycles. The van der Waals surface area contributed by atoms with Gasteiger partial charge < -0.3 is 0 Å². The van der Waals surface area contributed by atoms with Crippen molar-refractivity contribution in [1.29, 1.82) is 0 Å². The average Bonchev–Trinajstić information content (AvgIpc) is 2.43. The van der Waals surface area contributed by atoms with E-state index < -0.39 is 5.82 Å². The van der Waals surface area contributed by atoms with E-state index in [0.717, 1.165) is 25.7 Å². The van der Waals surface area contributed by atoms with Crippen molar-refractivity contribution in [1.82, 2.24) is 5.43 Å². The van der Waals surface area contributed by atoms with E-state index in [-0.39, 0.29) is 22.4 Å². The number of carbonyl (C=O) groups excluding carboxylic acids is 1. The van der Waals surface area contributed by atoms with Crippen LogP contribution in [0, 0.1) is 11.7 Å². The molecule has 3 nitrogen and oxygen atoms in total. The maximum absolute atomic E-state index is 13.4. The molecule has 2 rings (SSSR count). The standard InChI is InChI=1S/C14H16ClFN2O/c15-12-7-4-8-13(16)11(12)9-17-18-14(19)10-5-2-1-3-6-10/h4,7-10H,1-3,5-6H2,(H,18,19)/b17-9+. The minimum atomic E-state index is -0.455. The molecule has 0 spiro atoms. The molecule has 0 aliphatic heterocycles. The van der Waals surface area contributed by atoms with Gasteiger partial charge in [0.1, 0.15) is 5.82 Å². The summed E-state index contributed by atoms with van der Waals surface area (Å²) in [6, 6.07) is 4.40. The van der Waals surface area contributed by atoms with E-state index in [4.69, 9.17) is 11.6 Å². The van der Waals surface area contributed by atoms with Crippen LogP contribution < -0.4 is 5.43 Å². The number of nitrogens with one attached hydrogen (secondary N) is 1. The quantitative estimate of drug-likeness (QED) is 0.669. The van der Waals surface area contributed by atoms with E-state index >= 15 is 0 Å². The topological polar surface area (TPSA) is 41.5 Å². The van der Waals surface area contributed by atoms with Crippen LogP contribution in [0.15, 0.2) is 23.3 Å². The summed E-state index contributed by atoms with van der Waals surface area (Å²) in [5.41, 5.74) is 2.65. The zero-order valence-electron chi connectivity index (χ0n) is 10.5. The largest absolute Gasteiger partial charge is 0.273 e. The first-order valence-electron chi connectivity index (χ1n) is 6.45. The molecule has 0 bridgehead atoms. The van der Waals surface area contributed by atoms with Crippen LogP contribution in [0.1, 0.15) is 37.7 Å². The SMILES string of the molecule is O=C(N/N=C/c1c(F)cccc1Cl)C1CCCCC1. The highest BCUT2D eigenvalue weighted by Gasteiger charge is 2.20. The van der Waals surface area contributed by atoms with Crippen molar-refractivity contribution in [3.63, 3.8) is 0 Å². The predicted octanol–water partition coefficient (Wildman–Crippen LogP) is 3.51. The fourth-order valence-electron chi connectivity index (χ4n) is 2.25. The molecule has 102 valence electrons. The molecule has 1 fully saturated rings. The van der Waals surface area contributed by atoms with Crippen molar-refractivity contribution >= 4 is 23.7 Å². The number of hydrogen-bond acceptors (Lipinski definition) is 2. The molecule has 1 aromatic rings. The number of amides is 1. The molecule has 1 amide bonds. The van der Waals surface area contributed by atoms with Crippen LogP contribution in [0.2, 0.25) is 5.02 Å². The first kappa shape index (κ1) is 14.0. The van der Waals surface area contributed by atoms with Crippen LogP contribution in [0.25, 0.3) is 0 Å². The Bertz CT molecular complexity index is 464. The molecule has 19 heavy (non-hydrogen) atoms. The van der Waals surface area contributed by atoms with Crippen molar-refractivity contribution in [3.05, 3.63) is 34.6 Å². The van der Waals surface area contributed by atoms with Gasteiger partial charge in [-0.3, -0.25) is 4.79 Å². The lowest BCUT2D eigenvalue weighted by Crippen LogP contribution is -2.28. The summed E-state index contributed by atoms with van der Waals surface area (Å²) in [7, 11) is 0. The molecule has 1 N–H and O–H groups in total. The van der Waals surface area contributed by atoms with Crippen LogP contribution >= 0.6 is 11.6 Å². The molecule has 0 saturated heterocycles. The molecule has 1 aliphatic rings. The van der Waals surface area contributed by atoms with Crippen molar-refractivity contribution < 1.29 is 9.18 Å².